The SMILES string of the molecule is CCc1cccnc1C(O)c1cc(Br)ccc1F. The molecule has 1 atom stereocenters. The van der Waals surface area contributed by atoms with Crippen LogP contribution in [0.25, 0.3) is 0 Å². The van der Waals surface area contributed by atoms with Crippen LogP contribution in [0.1, 0.15) is 29.8 Å². The Morgan fingerprint density at radius 1 is 1.39 bits per heavy atom. The molecular weight excluding hydrogens is 297 g/mol. The molecule has 1 heterocycles. The van der Waals surface area contributed by atoms with E-state index < -0.39 is 11.9 Å². The number of benzene rings is 1. The third kappa shape index (κ3) is 2.60. The van der Waals surface area contributed by atoms with Gasteiger partial charge in [0.05, 0.1) is 5.69 Å². The van der Waals surface area contributed by atoms with Gasteiger partial charge in [0, 0.05) is 16.2 Å². The lowest BCUT2D eigenvalue weighted by Crippen LogP contribution is -2.08. The summed E-state index contributed by atoms with van der Waals surface area (Å²) >= 11 is 3.27. The smallest absolute Gasteiger partial charge is 0.129 e. The maximum Gasteiger partial charge on any atom is 0.129 e. The summed E-state index contributed by atoms with van der Waals surface area (Å²) in [5, 5.41) is 10.3. The van der Waals surface area contributed by atoms with Crippen LogP contribution in [0.3, 0.4) is 0 Å². The third-order valence-corrected chi connectivity index (χ3v) is 3.31. The van der Waals surface area contributed by atoms with Crippen molar-refractivity contribution < 1.29 is 9.50 Å². The zero-order valence-corrected chi connectivity index (χ0v) is 11.5. The molecule has 0 amide bonds. The summed E-state index contributed by atoms with van der Waals surface area (Å²) in [7, 11) is 0. The highest BCUT2D eigenvalue weighted by Gasteiger charge is 2.18. The molecule has 2 aromatic rings. The fraction of sp³-hybridized carbons (Fsp3) is 0.214. The number of aromatic nitrogens is 1. The summed E-state index contributed by atoms with van der Waals surface area (Å²) in [6.45, 7) is 1.98. The van der Waals surface area contributed by atoms with Crippen LogP contribution in [-0.4, -0.2) is 10.1 Å². The zero-order chi connectivity index (χ0) is 13.1. The van der Waals surface area contributed by atoms with Crippen molar-refractivity contribution in [1.29, 1.82) is 0 Å². The Labute approximate surface area is 114 Å². The lowest BCUT2D eigenvalue weighted by Gasteiger charge is -2.15. The molecule has 0 spiro atoms. The van der Waals surface area contributed by atoms with E-state index in [1.54, 1.807) is 18.3 Å². The summed E-state index contributed by atoms with van der Waals surface area (Å²) in [5.74, 6) is -0.432. The molecule has 4 heteroatoms. The maximum absolute atomic E-state index is 13.7. The topological polar surface area (TPSA) is 33.1 Å². The summed E-state index contributed by atoms with van der Waals surface area (Å²) in [4.78, 5) is 4.16. The van der Waals surface area contributed by atoms with E-state index in [0.717, 1.165) is 16.5 Å². The highest BCUT2D eigenvalue weighted by Crippen LogP contribution is 2.27. The van der Waals surface area contributed by atoms with Crippen LogP contribution in [0.5, 0.6) is 0 Å². The van der Waals surface area contributed by atoms with Gasteiger partial charge in [0.2, 0.25) is 0 Å². The van der Waals surface area contributed by atoms with Gasteiger partial charge >= 0.3 is 0 Å². The van der Waals surface area contributed by atoms with Crippen LogP contribution in [0.4, 0.5) is 4.39 Å². The van der Waals surface area contributed by atoms with Crippen molar-refractivity contribution in [1.82, 2.24) is 4.98 Å². The van der Waals surface area contributed by atoms with Crippen LogP contribution in [0.15, 0.2) is 41.0 Å². The highest BCUT2D eigenvalue weighted by atomic mass is 79.9. The molecular formula is C14H13BrFNO. The van der Waals surface area contributed by atoms with Gasteiger partial charge < -0.3 is 5.11 Å². The molecule has 1 aromatic carbocycles. The molecule has 0 aliphatic rings. The van der Waals surface area contributed by atoms with Gasteiger partial charge in [0.1, 0.15) is 11.9 Å². The minimum atomic E-state index is -1.04. The summed E-state index contributed by atoms with van der Waals surface area (Å²) < 4.78 is 14.5. The van der Waals surface area contributed by atoms with Gasteiger partial charge in [0.15, 0.2) is 0 Å². The predicted molar refractivity (Wildman–Crippen MR) is 71.8 cm³/mol. The number of aryl methyl sites for hydroxylation is 1. The largest absolute Gasteiger partial charge is 0.382 e. The normalized spacial score (nSPS) is 12.4. The van der Waals surface area contributed by atoms with Crippen LogP contribution in [-0.2, 0) is 6.42 Å². The Balaban J connectivity index is 2.47. The zero-order valence-electron chi connectivity index (χ0n) is 9.90. The van der Waals surface area contributed by atoms with Crippen LogP contribution < -0.4 is 0 Å². The van der Waals surface area contributed by atoms with Crippen molar-refractivity contribution in [3.63, 3.8) is 0 Å². The van der Waals surface area contributed by atoms with Crippen molar-refractivity contribution in [3.05, 3.63) is 63.6 Å². The standard InChI is InChI=1S/C14H13BrFNO/c1-2-9-4-3-7-17-13(9)14(18)11-8-10(15)5-6-12(11)16/h3-8,14,18H,2H2,1H3. The average molecular weight is 310 g/mol. The molecule has 94 valence electrons. The second-order valence-electron chi connectivity index (χ2n) is 3.97. The molecule has 0 fully saturated rings. The Kier molecular flexibility index (Phi) is 4.09. The summed E-state index contributed by atoms with van der Waals surface area (Å²) in [5.41, 5.74) is 1.67. The van der Waals surface area contributed by atoms with Gasteiger partial charge in [-0.2, -0.15) is 0 Å². The van der Waals surface area contributed by atoms with E-state index in [9.17, 15) is 9.50 Å². The summed E-state index contributed by atoms with van der Waals surface area (Å²) in [6.07, 6.45) is 1.31. The van der Waals surface area contributed by atoms with Gasteiger partial charge in [-0.25, -0.2) is 4.39 Å². The number of hydrogen-bond donors (Lipinski definition) is 1. The van der Waals surface area contributed by atoms with E-state index in [2.05, 4.69) is 20.9 Å². The molecule has 0 bridgehead atoms. The second-order valence-corrected chi connectivity index (χ2v) is 4.89. The monoisotopic (exact) mass is 309 g/mol. The molecule has 18 heavy (non-hydrogen) atoms. The van der Waals surface area contributed by atoms with Crippen molar-refractivity contribution >= 4 is 15.9 Å². The van der Waals surface area contributed by atoms with E-state index in [1.165, 1.54) is 6.07 Å². The number of nitrogens with zero attached hydrogens (tertiary/aromatic N) is 1. The minimum Gasteiger partial charge on any atom is -0.382 e. The van der Waals surface area contributed by atoms with Crippen molar-refractivity contribution in [2.24, 2.45) is 0 Å². The number of aliphatic hydroxyl groups excluding tert-OH is 1. The molecule has 1 aromatic heterocycles. The fourth-order valence-corrected chi connectivity index (χ4v) is 2.25. The molecule has 2 rings (SSSR count). The number of hydrogen-bond acceptors (Lipinski definition) is 2. The Bertz CT molecular complexity index is 559. The quantitative estimate of drug-likeness (QED) is 0.939. The Morgan fingerprint density at radius 3 is 2.89 bits per heavy atom. The highest BCUT2D eigenvalue weighted by molar-refractivity contribution is 9.10. The van der Waals surface area contributed by atoms with Crippen molar-refractivity contribution in [2.75, 3.05) is 0 Å². The molecule has 1 unspecified atom stereocenters. The molecule has 0 aliphatic carbocycles. The molecule has 0 radical (unpaired) electrons. The van der Waals surface area contributed by atoms with E-state index in [1.807, 2.05) is 19.1 Å². The fourth-order valence-electron chi connectivity index (χ4n) is 1.87. The van der Waals surface area contributed by atoms with Gasteiger partial charge in [-0.1, -0.05) is 28.9 Å². The lowest BCUT2D eigenvalue weighted by molar-refractivity contribution is 0.209. The van der Waals surface area contributed by atoms with Gasteiger partial charge in [-0.15, -0.1) is 0 Å². The molecule has 1 N–H and O–H groups in total. The van der Waals surface area contributed by atoms with E-state index in [-0.39, 0.29) is 5.56 Å². The van der Waals surface area contributed by atoms with Gasteiger partial charge in [-0.05, 0) is 36.2 Å². The first kappa shape index (κ1) is 13.2. The second kappa shape index (κ2) is 5.59. The number of aliphatic hydroxyl groups is 1. The van der Waals surface area contributed by atoms with Crippen LogP contribution >= 0.6 is 15.9 Å². The lowest BCUT2D eigenvalue weighted by atomic mass is 10.0. The molecule has 0 saturated carbocycles. The molecule has 0 aliphatic heterocycles. The Hall–Kier alpha value is -1.26. The van der Waals surface area contributed by atoms with Crippen molar-refractivity contribution in [2.45, 2.75) is 19.4 Å². The van der Waals surface area contributed by atoms with Gasteiger partial charge in [-0.3, -0.25) is 4.98 Å². The number of rotatable bonds is 3. The number of halogens is 2. The van der Waals surface area contributed by atoms with Crippen molar-refractivity contribution in [3.8, 4) is 0 Å². The predicted octanol–water partition coefficient (Wildman–Crippen LogP) is 3.63. The maximum atomic E-state index is 13.7. The van der Waals surface area contributed by atoms with Crippen LogP contribution in [0.2, 0.25) is 0 Å². The molecule has 0 saturated heterocycles. The third-order valence-electron chi connectivity index (χ3n) is 2.82. The van der Waals surface area contributed by atoms with E-state index >= 15 is 0 Å². The first-order valence-corrected chi connectivity index (χ1v) is 6.49. The molecule has 2 nitrogen and oxygen atoms in total. The number of pyridine rings is 1. The summed E-state index contributed by atoms with van der Waals surface area (Å²) in [6, 6.07) is 8.21. The van der Waals surface area contributed by atoms with E-state index in [4.69, 9.17) is 0 Å². The van der Waals surface area contributed by atoms with Gasteiger partial charge in [0.25, 0.3) is 0 Å². The first-order valence-electron chi connectivity index (χ1n) is 5.70. The average Bonchev–Trinajstić information content (AvgIpc) is 2.40. The Morgan fingerprint density at radius 2 is 2.17 bits per heavy atom. The minimum absolute atomic E-state index is 0.234. The van der Waals surface area contributed by atoms with E-state index in [0.29, 0.717) is 5.69 Å². The van der Waals surface area contributed by atoms with Crippen LogP contribution in [0, 0.1) is 5.82 Å². The first-order chi connectivity index (χ1) is 8.63.